The highest BCUT2D eigenvalue weighted by molar-refractivity contribution is 6.18. The van der Waals surface area contributed by atoms with Crippen LogP contribution in [-0.4, -0.2) is 28.6 Å². The molecule has 0 saturated carbocycles. The number of nitrogens with one attached hydrogen (secondary N) is 1. The molecule has 2 rings (SSSR count). The van der Waals surface area contributed by atoms with Gasteiger partial charge in [0.1, 0.15) is 5.76 Å². The fraction of sp³-hybridized carbons (Fsp3) is 0.357. The SMILES string of the molecule is Cc1nc(-c2ccc(NCC(O)CCl)cc2)oc1C. The van der Waals surface area contributed by atoms with Crippen molar-refractivity contribution in [3.05, 3.63) is 35.7 Å². The summed E-state index contributed by atoms with van der Waals surface area (Å²) in [6.07, 6.45) is -0.543. The minimum absolute atomic E-state index is 0.222. The number of hydrogen-bond acceptors (Lipinski definition) is 4. The summed E-state index contributed by atoms with van der Waals surface area (Å²) in [5, 5.41) is 12.5. The highest BCUT2D eigenvalue weighted by Gasteiger charge is 2.08. The molecule has 0 saturated heterocycles. The molecule has 0 spiro atoms. The van der Waals surface area contributed by atoms with Crippen LogP contribution in [0.15, 0.2) is 28.7 Å². The molecule has 0 aliphatic rings. The first-order valence-corrected chi connectivity index (χ1v) is 6.66. The molecule has 1 heterocycles. The Kier molecular flexibility index (Phi) is 4.45. The number of oxazole rings is 1. The van der Waals surface area contributed by atoms with Crippen molar-refractivity contribution in [3.8, 4) is 11.5 Å². The molecule has 4 nitrogen and oxygen atoms in total. The lowest BCUT2D eigenvalue weighted by Crippen LogP contribution is -2.20. The lowest BCUT2D eigenvalue weighted by molar-refractivity contribution is 0.211. The Balaban J connectivity index is 2.06. The molecule has 0 aliphatic heterocycles. The third kappa shape index (κ3) is 3.49. The molecule has 5 heteroatoms. The van der Waals surface area contributed by atoms with Gasteiger partial charge in [-0.05, 0) is 38.1 Å². The van der Waals surface area contributed by atoms with Crippen LogP contribution >= 0.6 is 11.6 Å². The summed E-state index contributed by atoms with van der Waals surface area (Å²) >= 11 is 5.53. The van der Waals surface area contributed by atoms with E-state index < -0.39 is 6.10 Å². The van der Waals surface area contributed by atoms with E-state index in [-0.39, 0.29) is 5.88 Å². The van der Waals surface area contributed by atoms with Crippen molar-refractivity contribution in [1.29, 1.82) is 0 Å². The maximum absolute atomic E-state index is 9.37. The molecule has 0 bridgehead atoms. The number of nitrogens with zero attached hydrogens (tertiary/aromatic N) is 1. The number of aliphatic hydroxyl groups is 1. The van der Waals surface area contributed by atoms with Gasteiger partial charge in [-0.1, -0.05) is 0 Å². The van der Waals surface area contributed by atoms with Crippen LogP contribution in [0.3, 0.4) is 0 Å². The molecular weight excluding hydrogens is 264 g/mol. The molecule has 1 aromatic heterocycles. The summed E-state index contributed by atoms with van der Waals surface area (Å²) < 4.78 is 5.57. The molecule has 0 amide bonds. The van der Waals surface area contributed by atoms with Crippen molar-refractivity contribution in [2.24, 2.45) is 0 Å². The normalized spacial score (nSPS) is 12.4. The van der Waals surface area contributed by atoms with Gasteiger partial charge in [0.25, 0.3) is 0 Å². The second-order valence-electron chi connectivity index (χ2n) is 4.43. The molecule has 1 atom stereocenters. The summed E-state index contributed by atoms with van der Waals surface area (Å²) in [6, 6.07) is 7.70. The van der Waals surface area contributed by atoms with E-state index in [0.717, 1.165) is 22.7 Å². The van der Waals surface area contributed by atoms with Crippen LogP contribution < -0.4 is 5.32 Å². The Labute approximate surface area is 117 Å². The van der Waals surface area contributed by atoms with E-state index in [1.54, 1.807) is 0 Å². The minimum Gasteiger partial charge on any atom is -0.441 e. The number of aromatic nitrogens is 1. The zero-order valence-electron chi connectivity index (χ0n) is 11.0. The Morgan fingerprint density at radius 2 is 2.00 bits per heavy atom. The van der Waals surface area contributed by atoms with Gasteiger partial charge in [-0.2, -0.15) is 0 Å². The molecule has 2 N–H and O–H groups in total. The maximum Gasteiger partial charge on any atom is 0.226 e. The predicted octanol–water partition coefficient (Wildman–Crippen LogP) is 2.97. The van der Waals surface area contributed by atoms with Gasteiger partial charge in [0.05, 0.1) is 17.7 Å². The smallest absolute Gasteiger partial charge is 0.226 e. The van der Waals surface area contributed by atoms with E-state index >= 15 is 0 Å². The van der Waals surface area contributed by atoms with Gasteiger partial charge >= 0.3 is 0 Å². The average Bonchev–Trinajstić information content (AvgIpc) is 2.76. The minimum atomic E-state index is -0.543. The van der Waals surface area contributed by atoms with E-state index in [1.807, 2.05) is 38.1 Å². The number of rotatable bonds is 5. The summed E-state index contributed by atoms with van der Waals surface area (Å²) in [7, 11) is 0. The fourth-order valence-electron chi connectivity index (χ4n) is 1.62. The van der Waals surface area contributed by atoms with E-state index in [4.69, 9.17) is 16.0 Å². The molecular formula is C14H17ClN2O2. The van der Waals surface area contributed by atoms with Crippen LogP contribution in [0.25, 0.3) is 11.5 Å². The molecule has 0 radical (unpaired) electrons. The van der Waals surface area contributed by atoms with E-state index in [9.17, 15) is 5.11 Å². The van der Waals surface area contributed by atoms with Gasteiger partial charge in [0.15, 0.2) is 0 Å². The van der Waals surface area contributed by atoms with Crippen LogP contribution in [-0.2, 0) is 0 Å². The molecule has 102 valence electrons. The number of alkyl halides is 1. The van der Waals surface area contributed by atoms with E-state index in [2.05, 4.69) is 10.3 Å². The summed E-state index contributed by atoms with van der Waals surface area (Å²) in [6.45, 7) is 4.25. The zero-order chi connectivity index (χ0) is 13.8. The van der Waals surface area contributed by atoms with Crippen molar-refractivity contribution >= 4 is 17.3 Å². The maximum atomic E-state index is 9.37. The molecule has 19 heavy (non-hydrogen) atoms. The van der Waals surface area contributed by atoms with Crippen LogP contribution in [0, 0.1) is 13.8 Å². The van der Waals surface area contributed by atoms with Crippen LogP contribution in [0.2, 0.25) is 0 Å². The number of halogens is 1. The highest BCUT2D eigenvalue weighted by Crippen LogP contribution is 2.22. The van der Waals surface area contributed by atoms with Gasteiger partial charge in [-0.15, -0.1) is 11.6 Å². The molecule has 1 aromatic carbocycles. The summed E-state index contributed by atoms with van der Waals surface area (Å²) in [5.41, 5.74) is 2.76. The first-order chi connectivity index (χ1) is 9.10. The standard InChI is InChI=1S/C14H17ClN2O2/c1-9-10(2)19-14(17-9)11-3-5-12(6-4-11)16-8-13(18)7-15/h3-6,13,16,18H,7-8H2,1-2H3. The largest absolute Gasteiger partial charge is 0.441 e. The van der Waals surface area contributed by atoms with E-state index in [1.165, 1.54) is 0 Å². The van der Waals surface area contributed by atoms with Crippen molar-refractivity contribution < 1.29 is 9.52 Å². The molecule has 2 aromatic rings. The number of anilines is 1. The van der Waals surface area contributed by atoms with Gasteiger partial charge in [0, 0.05) is 17.8 Å². The first-order valence-electron chi connectivity index (χ1n) is 6.12. The van der Waals surface area contributed by atoms with Crippen LogP contribution in [0.4, 0.5) is 5.69 Å². The molecule has 0 fully saturated rings. The Hall–Kier alpha value is -1.52. The zero-order valence-corrected chi connectivity index (χ0v) is 11.7. The Bertz CT molecular complexity index is 517. The fourth-order valence-corrected chi connectivity index (χ4v) is 1.73. The summed E-state index contributed by atoms with van der Waals surface area (Å²) in [5.74, 6) is 1.68. The third-order valence-corrected chi connectivity index (χ3v) is 3.24. The monoisotopic (exact) mass is 280 g/mol. The van der Waals surface area contributed by atoms with Crippen molar-refractivity contribution in [2.75, 3.05) is 17.7 Å². The first kappa shape index (κ1) is 13.9. The van der Waals surface area contributed by atoms with Gasteiger partial charge in [0.2, 0.25) is 5.89 Å². The van der Waals surface area contributed by atoms with Crippen LogP contribution in [0.5, 0.6) is 0 Å². The van der Waals surface area contributed by atoms with Crippen molar-refractivity contribution in [1.82, 2.24) is 4.98 Å². The van der Waals surface area contributed by atoms with Gasteiger partial charge in [-0.25, -0.2) is 4.98 Å². The lowest BCUT2D eigenvalue weighted by Gasteiger charge is -2.09. The average molecular weight is 281 g/mol. The van der Waals surface area contributed by atoms with E-state index in [0.29, 0.717) is 12.4 Å². The van der Waals surface area contributed by atoms with Gasteiger partial charge < -0.3 is 14.8 Å². The van der Waals surface area contributed by atoms with Crippen LogP contribution in [0.1, 0.15) is 11.5 Å². The van der Waals surface area contributed by atoms with Crippen molar-refractivity contribution in [2.45, 2.75) is 20.0 Å². The Morgan fingerprint density at radius 3 is 2.53 bits per heavy atom. The second-order valence-corrected chi connectivity index (χ2v) is 4.74. The second kappa shape index (κ2) is 6.08. The number of aryl methyl sites for hydroxylation is 2. The molecule has 1 unspecified atom stereocenters. The highest BCUT2D eigenvalue weighted by atomic mass is 35.5. The van der Waals surface area contributed by atoms with Crippen molar-refractivity contribution in [3.63, 3.8) is 0 Å². The summed E-state index contributed by atoms with van der Waals surface area (Å²) in [4.78, 5) is 4.35. The number of hydrogen-bond donors (Lipinski definition) is 2. The lowest BCUT2D eigenvalue weighted by atomic mass is 10.2. The van der Waals surface area contributed by atoms with Gasteiger partial charge in [-0.3, -0.25) is 0 Å². The quantitative estimate of drug-likeness (QED) is 0.827. The third-order valence-electron chi connectivity index (χ3n) is 2.88. The number of benzene rings is 1. The number of aliphatic hydroxyl groups excluding tert-OH is 1. The Morgan fingerprint density at radius 1 is 1.32 bits per heavy atom. The molecule has 0 aliphatic carbocycles. The predicted molar refractivity (Wildman–Crippen MR) is 76.6 cm³/mol. The topological polar surface area (TPSA) is 58.3 Å².